The first-order valence-electron chi connectivity index (χ1n) is 7.99. The van der Waals surface area contributed by atoms with Crippen molar-refractivity contribution in [3.05, 3.63) is 63.8 Å². The minimum absolute atomic E-state index is 0.300. The number of carbonyl (C=O) groups is 1. The lowest BCUT2D eigenvalue weighted by Crippen LogP contribution is -2.28. The lowest BCUT2D eigenvalue weighted by Gasteiger charge is -2.10. The van der Waals surface area contributed by atoms with Crippen LogP contribution in [0.5, 0.6) is 0 Å². The minimum Gasteiger partial charge on any atom is -0.460 e. The lowest BCUT2D eigenvalue weighted by molar-refractivity contribution is -0.125. The fourth-order valence-electron chi connectivity index (χ4n) is 2.91. The average Bonchev–Trinajstić information content (AvgIpc) is 3.22. The molecule has 1 unspecified atom stereocenters. The van der Waals surface area contributed by atoms with Crippen LogP contribution in [0.25, 0.3) is 11.0 Å². The zero-order valence-corrected chi connectivity index (χ0v) is 15.3. The zero-order chi connectivity index (χ0) is 18.3. The number of hydrogen-bond acceptors (Lipinski definition) is 4. The summed E-state index contributed by atoms with van der Waals surface area (Å²) in [6.45, 7) is 1.84. The predicted molar refractivity (Wildman–Crippen MR) is 102 cm³/mol. The predicted octanol–water partition coefficient (Wildman–Crippen LogP) is 5.18. The number of fused-ring (bicyclic) bond motifs is 1. The molecule has 4 rings (SSSR count). The molecule has 0 fully saturated rings. The number of carbonyl (C=O) groups excluding carboxylic acids is 1. The van der Waals surface area contributed by atoms with Crippen LogP contribution in [0.2, 0.25) is 10.0 Å². The molecule has 7 heteroatoms. The Morgan fingerprint density at radius 1 is 1.19 bits per heavy atom. The first kappa shape index (κ1) is 16.9. The SMILES string of the molecule is Cc1cc2cc(NC(=O)C3CC(c4ccccc4Cl)=NO3)cc(Cl)c2o1. The van der Waals surface area contributed by atoms with Gasteiger partial charge in [0.1, 0.15) is 5.76 Å². The molecule has 0 radical (unpaired) electrons. The van der Waals surface area contributed by atoms with E-state index in [0.717, 1.165) is 16.7 Å². The first-order valence-corrected chi connectivity index (χ1v) is 8.75. The van der Waals surface area contributed by atoms with Gasteiger partial charge in [0.25, 0.3) is 5.91 Å². The summed E-state index contributed by atoms with van der Waals surface area (Å²) in [6.07, 6.45) is -0.377. The van der Waals surface area contributed by atoms with Crippen molar-refractivity contribution in [3.8, 4) is 0 Å². The number of amides is 1. The van der Waals surface area contributed by atoms with Gasteiger partial charge in [0.05, 0.1) is 10.7 Å². The number of benzene rings is 2. The summed E-state index contributed by atoms with van der Waals surface area (Å²) in [6, 6.07) is 12.6. The molecule has 1 amide bonds. The molecule has 1 aromatic heterocycles. The topological polar surface area (TPSA) is 63.8 Å². The van der Waals surface area contributed by atoms with Gasteiger partial charge >= 0.3 is 0 Å². The van der Waals surface area contributed by atoms with Crippen LogP contribution in [0.4, 0.5) is 5.69 Å². The van der Waals surface area contributed by atoms with Crippen molar-refractivity contribution in [3.63, 3.8) is 0 Å². The second-order valence-electron chi connectivity index (χ2n) is 6.04. The number of rotatable bonds is 3. The largest absolute Gasteiger partial charge is 0.460 e. The van der Waals surface area contributed by atoms with Gasteiger partial charge in [-0.25, -0.2) is 0 Å². The van der Waals surface area contributed by atoms with Crippen LogP contribution < -0.4 is 5.32 Å². The second kappa shape index (κ2) is 6.67. The fourth-order valence-corrected chi connectivity index (χ4v) is 3.42. The fraction of sp³-hybridized carbons (Fsp3) is 0.158. The van der Waals surface area contributed by atoms with Crippen molar-refractivity contribution in [2.75, 3.05) is 5.32 Å². The monoisotopic (exact) mass is 388 g/mol. The van der Waals surface area contributed by atoms with Crippen LogP contribution in [0.15, 0.2) is 52.0 Å². The van der Waals surface area contributed by atoms with Gasteiger partial charge in [-0.15, -0.1) is 0 Å². The molecule has 2 aromatic carbocycles. The second-order valence-corrected chi connectivity index (χ2v) is 6.85. The van der Waals surface area contributed by atoms with Crippen molar-refractivity contribution < 1.29 is 14.0 Å². The quantitative estimate of drug-likeness (QED) is 0.671. The highest BCUT2D eigenvalue weighted by molar-refractivity contribution is 6.35. The van der Waals surface area contributed by atoms with E-state index in [9.17, 15) is 4.79 Å². The molecule has 0 bridgehead atoms. The van der Waals surface area contributed by atoms with Crippen LogP contribution in [0.3, 0.4) is 0 Å². The number of oxime groups is 1. The molecule has 0 saturated carbocycles. The Morgan fingerprint density at radius 3 is 2.81 bits per heavy atom. The molecule has 1 N–H and O–H groups in total. The maximum atomic E-state index is 12.5. The molecule has 3 aromatic rings. The van der Waals surface area contributed by atoms with Gasteiger partial charge in [0.2, 0.25) is 6.10 Å². The highest BCUT2D eigenvalue weighted by Crippen LogP contribution is 2.31. The first-order chi connectivity index (χ1) is 12.5. The summed E-state index contributed by atoms with van der Waals surface area (Å²) < 4.78 is 5.53. The van der Waals surface area contributed by atoms with Crippen molar-refractivity contribution in [2.24, 2.45) is 5.16 Å². The molecule has 0 aliphatic carbocycles. The van der Waals surface area contributed by atoms with E-state index in [1.165, 1.54) is 0 Å². The Balaban J connectivity index is 1.49. The van der Waals surface area contributed by atoms with Gasteiger partial charge in [-0.05, 0) is 31.2 Å². The molecule has 5 nitrogen and oxygen atoms in total. The standard InChI is InChI=1S/C19H14Cl2N2O3/c1-10-6-11-7-12(8-15(21)18(11)25-10)22-19(24)17-9-16(23-26-17)13-4-2-3-5-14(13)20/h2-8,17H,9H2,1H3,(H,22,24). The zero-order valence-electron chi connectivity index (χ0n) is 13.8. The molecule has 0 saturated heterocycles. The lowest BCUT2D eigenvalue weighted by atomic mass is 10.0. The highest BCUT2D eigenvalue weighted by Gasteiger charge is 2.30. The number of hydrogen-bond donors (Lipinski definition) is 1. The molecule has 0 spiro atoms. The molecule has 2 heterocycles. The van der Waals surface area contributed by atoms with E-state index >= 15 is 0 Å². The van der Waals surface area contributed by atoms with E-state index in [4.69, 9.17) is 32.5 Å². The molecule has 132 valence electrons. The van der Waals surface area contributed by atoms with Crippen molar-refractivity contribution in [2.45, 2.75) is 19.4 Å². The Bertz CT molecular complexity index is 1040. The normalized spacial score (nSPS) is 16.4. The molecule has 1 aliphatic rings. The molecule has 1 aliphatic heterocycles. The summed E-state index contributed by atoms with van der Waals surface area (Å²) in [5.41, 5.74) is 2.59. The number of nitrogens with zero attached hydrogens (tertiary/aromatic N) is 1. The summed E-state index contributed by atoms with van der Waals surface area (Å²) >= 11 is 12.4. The Kier molecular flexibility index (Phi) is 4.34. The third-order valence-corrected chi connectivity index (χ3v) is 4.72. The molecular weight excluding hydrogens is 375 g/mol. The molecule has 1 atom stereocenters. The van der Waals surface area contributed by atoms with Crippen molar-refractivity contribution in [1.82, 2.24) is 0 Å². The number of furan rings is 1. The Hall–Kier alpha value is -2.50. The molecular formula is C19H14Cl2N2O3. The van der Waals surface area contributed by atoms with Gasteiger partial charge in [-0.3, -0.25) is 4.79 Å². The van der Waals surface area contributed by atoms with Crippen LogP contribution in [0, 0.1) is 6.92 Å². The smallest absolute Gasteiger partial charge is 0.268 e. The van der Waals surface area contributed by atoms with Crippen molar-refractivity contribution in [1.29, 1.82) is 0 Å². The number of aryl methyl sites for hydroxylation is 1. The van der Waals surface area contributed by atoms with Gasteiger partial charge in [0, 0.05) is 28.1 Å². The molecule has 26 heavy (non-hydrogen) atoms. The summed E-state index contributed by atoms with van der Waals surface area (Å²) in [5.74, 6) is 0.453. The van der Waals surface area contributed by atoms with E-state index < -0.39 is 6.10 Å². The Morgan fingerprint density at radius 2 is 2.00 bits per heavy atom. The van der Waals surface area contributed by atoms with Crippen LogP contribution >= 0.6 is 23.2 Å². The van der Waals surface area contributed by atoms with Gasteiger partial charge in [-0.2, -0.15) is 0 Å². The van der Waals surface area contributed by atoms with E-state index in [1.807, 2.05) is 31.2 Å². The van der Waals surface area contributed by atoms with Crippen molar-refractivity contribution >= 4 is 51.5 Å². The summed E-state index contributed by atoms with van der Waals surface area (Å²) in [4.78, 5) is 17.8. The maximum Gasteiger partial charge on any atom is 0.268 e. The van der Waals surface area contributed by atoms with Crippen LogP contribution in [0.1, 0.15) is 17.7 Å². The Labute approximate surface area is 159 Å². The maximum absolute atomic E-state index is 12.5. The van der Waals surface area contributed by atoms with Crippen LogP contribution in [-0.2, 0) is 9.63 Å². The summed E-state index contributed by atoms with van der Waals surface area (Å²) in [7, 11) is 0. The third kappa shape index (κ3) is 3.16. The number of nitrogens with one attached hydrogen (secondary N) is 1. The van der Waals surface area contributed by atoms with E-state index in [2.05, 4.69) is 10.5 Å². The van der Waals surface area contributed by atoms with E-state index in [0.29, 0.717) is 33.4 Å². The minimum atomic E-state index is -0.721. The van der Waals surface area contributed by atoms with Gasteiger partial charge in [0.15, 0.2) is 5.58 Å². The average molecular weight is 389 g/mol. The number of anilines is 1. The van der Waals surface area contributed by atoms with E-state index in [1.54, 1.807) is 18.2 Å². The third-order valence-electron chi connectivity index (χ3n) is 4.11. The van der Waals surface area contributed by atoms with E-state index in [-0.39, 0.29) is 5.91 Å². The number of halogens is 2. The summed E-state index contributed by atoms with van der Waals surface area (Å²) in [5, 5.41) is 8.66. The highest BCUT2D eigenvalue weighted by atomic mass is 35.5. The van der Waals surface area contributed by atoms with Gasteiger partial charge in [-0.1, -0.05) is 46.6 Å². The van der Waals surface area contributed by atoms with Gasteiger partial charge < -0.3 is 14.6 Å². The van der Waals surface area contributed by atoms with Crippen LogP contribution in [-0.4, -0.2) is 17.7 Å².